The summed E-state index contributed by atoms with van der Waals surface area (Å²) in [5, 5.41) is 11.0. The smallest absolute Gasteiger partial charge is 0.174 e. The Morgan fingerprint density at radius 3 is 3.13 bits per heavy atom. The molecule has 1 aliphatic heterocycles. The van der Waals surface area contributed by atoms with E-state index in [1.165, 1.54) is 10.9 Å². The summed E-state index contributed by atoms with van der Waals surface area (Å²) >= 11 is 0. The van der Waals surface area contributed by atoms with Crippen molar-refractivity contribution in [2.24, 2.45) is 0 Å². The first kappa shape index (κ1) is 8.53. The van der Waals surface area contributed by atoms with E-state index in [-0.39, 0.29) is 0 Å². The summed E-state index contributed by atoms with van der Waals surface area (Å²) in [5.41, 5.74) is 3.32. The van der Waals surface area contributed by atoms with Crippen LogP contribution in [-0.2, 0) is 6.42 Å². The molecule has 0 spiro atoms. The van der Waals surface area contributed by atoms with Gasteiger partial charge in [0.15, 0.2) is 6.21 Å². The van der Waals surface area contributed by atoms with Crippen LogP contribution in [0.2, 0.25) is 0 Å². The molecule has 0 radical (unpaired) electrons. The highest BCUT2D eigenvalue weighted by atomic mass is 16.3. The number of hydrogen-bond donors (Lipinski definition) is 2. The number of hydrogen-bond acceptors (Lipinski definition) is 1. The SMILES string of the molecule is C[N+]1=Cc2c(O)ccc3[nH]cc(c23)CC1. The van der Waals surface area contributed by atoms with Crippen LogP contribution in [0.25, 0.3) is 10.9 Å². The van der Waals surface area contributed by atoms with Crippen molar-refractivity contribution >= 4 is 17.1 Å². The Labute approximate surface area is 87.7 Å². The van der Waals surface area contributed by atoms with Crippen LogP contribution in [0.4, 0.5) is 0 Å². The van der Waals surface area contributed by atoms with Gasteiger partial charge in [-0.15, -0.1) is 0 Å². The van der Waals surface area contributed by atoms with Gasteiger partial charge in [-0.1, -0.05) is 0 Å². The highest BCUT2D eigenvalue weighted by Gasteiger charge is 2.17. The van der Waals surface area contributed by atoms with E-state index >= 15 is 0 Å². The molecule has 0 saturated carbocycles. The van der Waals surface area contributed by atoms with Crippen LogP contribution in [0.5, 0.6) is 5.75 Å². The Hall–Kier alpha value is -1.77. The van der Waals surface area contributed by atoms with Gasteiger partial charge in [-0.2, -0.15) is 0 Å². The fraction of sp³-hybridized carbons (Fsp3) is 0.250. The molecular formula is C12H13N2O+. The highest BCUT2D eigenvalue weighted by Crippen LogP contribution is 2.29. The number of likely N-dealkylation sites (N-methyl/N-ethyl adjacent to an activating group) is 1. The van der Waals surface area contributed by atoms with E-state index in [1.54, 1.807) is 6.07 Å². The molecule has 3 rings (SSSR count). The molecule has 15 heavy (non-hydrogen) atoms. The number of rotatable bonds is 0. The second-order valence-corrected chi connectivity index (χ2v) is 4.09. The van der Waals surface area contributed by atoms with Crippen molar-refractivity contribution < 1.29 is 9.68 Å². The van der Waals surface area contributed by atoms with Gasteiger partial charge in [0.05, 0.1) is 5.56 Å². The minimum absolute atomic E-state index is 0.358. The molecule has 0 aliphatic carbocycles. The fourth-order valence-corrected chi connectivity index (χ4v) is 2.22. The van der Waals surface area contributed by atoms with Crippen molar-refractivity contribution in [1.82, 2.24) is 4.98 Å². The summed E-state index contributed by atoms with van der Waals surface area (Å²) in [6.07, 6.45) is 5.08. The number of aromatic amines is 1. The number of nitrogens with zero attached hydrogens (tertiary/aromatic N) is 1. The summed E-state index contributed by atoms with van der Waals surface area (Å²) in [7, 11) is 2.04. The third kappa shape index (κ3) is 1.16. The molecule has 1 aromatic heterocycles. The molecule has 0 bridgehead atoms. The summed E-state index contributed by atoms with van der Waals surface area (Å²) < 4.78 is 2.12. The van der Waals surface area contributed by atoms with E-state index < -0.39 is 0 Å². The average Bonchev–Trinajstić information content (AvgIpc) is 2.55. The van der Waals surface area contributed by atoms with Crippen molar-refractivity contribution in [1.29, 1.82) is 0 Å². The summed E-state index contributed by atoms with van der Waals surface area (Å²) in [4.78, 5) is 3.24. The Morgan fingerprint density at radius 1 is 1.40 bits per heavy atom. The summed E-state index contributed by atoms with van der Waals surface area (Å²) in [6.45, 7) is 0.987. The van der Waals surface area contributed by atoms with Crippen molar-refractivity contribution in [3.8, 4) is 5.75 Å². The second kappa shape index (κ2) is 2.86. The van der Waals surface area contributed by atoms with Gasteiger partial charge in [0.1, 0.15) is 19.3 Å². The van der Waals surface area contributed by atoms with Crippen LogP contribution < -0.4 is 0 Å². The van der Waals surface area contributed by atoms with Gasteiger partial charge in [0, 0.05) is 23.5 Å². The molecule has 0 fully saturated rings. The van der Waals surface area contributed by atoms with Crippen molar-refractivity contribution in [3.05, 3.63) is 29.5 Å². The Balaban J connectivity index is 2.47. The van der Waals surface area contributed by atoms with Gasteiger partial charge in [-0.3, -0.25) is 0 Å². The zero-order valence-corrected chi connectivity index (χ0v) is 8.62. The third-order valence-corrected chi connectivity index (χ3v) is 3.03. The predicted octanol–water partition coefficient (Wildman–Crippen LogP) is 1.49. The lowest BCUT2D eigenvalue weighted by atomic mass is 10.1. The van der Waals surface area contributed by atoms with Crippen LogP contribution in [0.15, 0.2) is 18.3 Å². The maximum atomic E-state index is 9.86. The standard InChI is InChI=1S/C12H12N2O/c1-14-5-4-8-6-13-10-2-3-11(15)9(7-14)12(8)10/h2-3,6-7H,4-5H2,1H3,(H,13,15)/p+1. The molecule has 0 saturated heterocycles. The number of benzene rings is 1. The molecule has 3 heteroatoms. The molecule has 1 aromatic carbocycles. The lowest BCUT2D eigenvalue weighted by Gasteiger charge is -1.99. The van der Waals surface area contributed by atoms with E-state index in [1.807, 2.05) is 25.5 Å². The number of H-pyrrole nitrogens is 1. The normalized spacial score (nSPS) is 15.1. The minimum atomic E-state index is 0.358. The molecule has 0 unspecified atom stereocenters. The van der Waals surface area contributed by atoms with Gasteiger partial charge >= 0.3 is 0 Å². The first-order chi connectivity index (χ1) is 7.25. The van der Waals surface area contributed by atoms with Crippen LogP contribution in [-0.4, -0.2) is 34.5 Å². The van der Waals surface area contributed by atoms with Crippen LogP contribution in [0.3, 0.4) is 0 Å². The number of nitrogens with one attached hydrogen (secondary N) is 1. The molecule has 3 nitrogen and oxygen atoms in total. The molecule has 76 valence electrons. The second-order valence-electron chi connectivity index (χ2n) is 4.09. The van der Waals surface area contributed by atoms with Gasteiger partial charge in [-0.05, 0) is 17.7 Å². The number of phenols is 1. The molecule has 1 aliphatic rings. The maximum Gasteiger partial charge on any atom is 0.174 e. The topological polar surface area (TPSA) is 39.0 Å². The molecular weight excluding hydrogens is 188 g/mol. The summed E-state index contributed by atoms with van der Waals surface area (Å²) in [5.74, 6) is 0.358. The quantitative estimate of drug-likeness (QED) is 0.623. The van der Waals surface area contributed by atoms with Gasteiger partial charge < -0.3 is 10.1 Å². The van der Waals surface area contributed by atoms with Crippen molar-refractivity contribution in [2.45, 2.75) is 6.42 Å². The Kier molecular flexibility index (Phi) is 1.63. The lowest BCUT2D eigenvalue weighted by molar-refractivity contribution is -0.491. The molecule has 0 atom stereocenters. The first-order valence-electron chi connectivity index (χ1n) is 5.13. The van der Waals surface area contributed by atoms with Gasteiger partial charge in [0.2, 0.25) is 0 Å². The van der Waals surface area contributed by atoms with Crippen LogP contribution in [0, 0.1) is 0 Å². The largest absolute Gasteiger partial charge is 0.507 e. The first-order valence-corrected chi connectivity index (χ1v) is 5.13. The van der Waals surface area contributed by atoms with E-state index in [9.17, 15) is 5.11 Å². The van der Waals surface area contributed by atoms with E-state index in [0.717, 1.165) is 24.0 Å². The zero-order valence-electron chi connectivity index (χ0n) is 8.62. The minimum Gasteiger partial charge on any atom is -0.507 e. The lowest BCUT2D eigenvalue weighted by Crippen LogP contribution is -2.09. The van der Waals surface area contributed by atoms with E-state index in [2.05, 4.69) is 9.56 Å². The Morgan fingerprint density at radius 2 is 2.27 bits per heavy atom. The number of phenolic OH excluding ortho intramolecular Hbond substituents is 1. The van der Waals surface area contributed by atoms with Gasteiger partial charge in [0.25, 0.3) is 0 Å². The summed E-state index contributed by atoms with van der Waals surface area (Å²) in [6, 6.07) is 3.67. The average molecular weight is 201 g/mol. The Bertz CT molecular complexity index is 566. The fourth-order valence-electron chi connectivity index (χ4n) is 2.22. The van der Waals surface area contributed by atoms with Gasteiger partial charge in [-0.25, -0.2) is 4.58 Å². The third-order valence-electron chi connectivity index (χ3n) is 3.03. The molecule has 2 aromatic rings. The van der Waals surface area contributed by atoms with E-state index in [0.29, 0.717) is 5.75 Å². The van der Waals surface area contributed by atoms with Crippen LogP contribution in [0.1, 0.15) is 11.1 Å². The number of aromatic hydroxyl groups is 1. The number of aromatic nitrogens is 1. The zero-order chi connectivity index (χ0) is 10.4. The monoisotopic (exact) mass is 201 g/mol. The maximum absolute atomic E-state index is 9.86. The molecule has 2 N–H and O–H groups in total. The van der Waals surface area contributed by atoms with Crippen molar-refractivity contribution in [3.63, 3.8) is 0 Å². The van der Waals surface area contributed by atoms with E-state index in [4.69, 9.17) is 0 Å². The molecule has 2 heterocycles. The van der Waals surface area contributed by atoms with Crippen LogP contribution >= 0.6 is 0 Å². The predicted molar refractivity (Wildman–Crippen MR) is 59.9 cm³/mol. The molecule has 0 amide bonds. The highest BCUT2D eigenvalue weighted by molar-refractivity contribution is 6.02. The van der Waals surface area contributed by atoms with Crippen molar-refractivity contribution in [2.75, 3.05) is 13.6 Å².